The molecule has 0 atom stereocenters. The van der Waals surface area contributed by atoms with Gasteiger partial charge in [-0.05, 0) is 131 Å². The maximum absolute atomic E-state index is 6.44. The largest absolute Gasteiger partial charge is 0.456 e. The van der Waals surface area contributed by atoms with Crippen molar-refractivity contribution in [3.63, 3.8) is 0 Å². The molecule has 0 unspecified atom stereocenters. The zero-order valence-electron chi connectivity index (χ0n) is 37.3. The normalized spacial score (nSPS) is 12.0. The first-order valence-electron chi connectivity index (χ1n) is 23.4. The molecule has 0 amide bonds. The Kier molecular flexibility index (Phi) is 8.23. The minimum atomic E-state index is 0.590. The van der Waals surface area contributed by atoms with Crippen LogP contribution in [0.3, 0.4) is 0 Å². The average molecular weight is 900 g/mol. The van der Waals surface area contributed by atoms with E-state index in [1.807, 2.05) is 72.8 Å². The third-order valence-corrected chi connectivity index (χ3v) is 13.8. The molecule has 11 aromatic carbocycles. The third kappa shape index (κ3) is 6.05. The Morgan fingerprint density at radius 1 is 0.257 bits per heavy atom. The van der Waals surface area contributed by atoms with Crippen LogP contribution in [0.5, 0.6) is 0 Å². The van der Waals surface area contributed by atoms with E-state index in [4.69, 9.17) is 22.7 Å². The summed E-state index contributed by atoms with van der Waals surface area (Å²) < 4.78 is 25.6. The van der Waals surface area contributed by atoms with E-state index in [9.17, 15) is 0 Å². The molecular formula is C63H37N3O4. The molecular weight excluding hydrogens is 863 g/mol. The fourth-order valence-corrected chi connectivity index (χ4v) is 10.5. The van der Waals surface area contributed by atoms with Gasteiger partial charge in [-0.25, -0.2) is 4.98 Å². The lowest BCUT2D eigenvalue weighted by Crippen LogP contribution is -2.10. The fraction of sp³-hybridized carbons (Fsp3) is 0. The number of benzene rings is 11. The smallest absolute Gasteiger partial charge is 0.227 e. The number of fused-ring (bicyclic) bond motifs is 13. The highest BCUT2D eigenvalue weighted by molar-refractivity contribution is 6.12. The van der Waals surface area contributed by atoms with Gasteiger partial charge >= 0.3 is 0 Å². The molecule has 15 aromatic rings. The first-order chi connectivity index (χ1) is 34.6. The highest BCUT2D eigenvalue weighted by Crippen LogP contribution is 2.45. The number of rotatable bonds is 7. The summed E-state index contributed by atoms with van der Waals surface area (Å²) >= 11 is 0. The van der Waals surface area contributed by atoms with Crippen molar-refractivity contribution in [1.82, 2.24) is 4.98 Å². The van der Waals surface area contributed by atoms with Crippen molar-refractivity contribution in [1.29, 1.82) is 0 Å². The minimum absolute atomic E-state index is 0.590. The van der Waals surface area contributed by atoms with Crippen molar-refractivity contribution < 1.29 is 17.7 Å². The zero-order chi connectivity index (χ0) is 45.9. The number of hydrogen-bond acceptors (Lipinski definition) is 7. The number of hydrogen-bond donors (Lipinski definition) is 0. The zero-order valence-corrected chi connectivity index (χ0v) is 37.3. The lowest BCUT2D eigenvalue weighted by atomic mass is 9.99. The molecule has 0 aliphatic carbocycles. The molecule has 0 saturated carbocycles. The van der Waals surface area contributed by atoms with Crippen LogP contribution < -0.4 is 9.80 Å². The number of oxazole rings is 1. The maximum Gasteiger partial charge on any atom is 0.227 e. The van der Waals surface area contributed by atoms with E-state index in [-0.39, 0.29) is 0 Å². The Morgan fingerprint density at radius 3 is 1.23 bits per heavy atom. The standard InChI is InChI=1S/C63H37N3O4/c1-2-10-38(11-3-1)63-64-55-30-24-46(37-62(55)70-63)66(45-23-29-53-50-13-5-8-16-57(50)69-61(53)36-45)42-21-27-48-40(33-42)19-18-39-32-41(20-26-47(39)48)65(43-25-31-59-54(34-43)51-14-6-9-17-58(51)67-59)44-22-28-52-49-12-4-7-15-56(49)68-60(52)35-44/h1-37H. The van der Waals surface area contributed by atoms with Crippen molar-refractivity contribution >= 4 is 133 Å². The van der Waals surface area contributed by atoms with Gasteiger partial charge < -0.3 is 27.5 Å². The van der Waals surface area contributed by atoms with Crippen LogP contribution in [0.25, 0.3) is 110 Å². The number of furan rings is 3. The van der Waals surface area contributed by atoms with Crippen molar-refractivity contribution in [2.75, 3.05) is 9.80 Å². The summed E-state index contributed by atoms with van der Waals surface area (Å²) in [5.74, 6) is 0.590. The number of nitrogens with zero attached hydrogens (tertiary/aromatic N) is 3. The van der Waals surface area contributed by atoms with Crippen LogP contribution in [0.2, 0.25) is 0 Å². The molecule has 328 valence electrons. The van der Waals surface area contributed by atoms with Crippen LogP contribution in [-0.2, 0) is 0 Å². The Bertz CT molecular complexity index is 4580. The molecule has 0 radical (unpaired) electrons. The average Bonchev–Trinajstić information content (AvgIpc) is 4.20. The van der Waals surface area contributed by atoms with E-state index in [0.29, 0.717) is 11.5 Å². The molecule has 0 fully saturated rings. The Hall–Kier alpha value is -9.59. The summed E-state index contributed by atoms with van der Waals surface area (Å²) in [5, 5.41) is 11.1. The van der Waals surface area contributed by atoms with Crippen LogP contribution in [0.4, 0.5) is 34.1 Å². The number of para-hydroxylation sites is 3. The lowest BCUT2D eigenvalue weighted by molar-refractivity contribution is 0.620. The van der Waals surface area contributed by atoms with E-state index in [1.165, 1.54) is 0 Å². The van der Waals surface area contributed by atoms with Gasteiger partial charge in [0.1, 0.15) is 39.0 Å². The van der Waals surface area contributed by atoms with Crippen molar-refractivity contribution in [3.05, 3.63) is 224 Å². The van der Waals surface area contributed by atoms with Crippen LogP contribution in [0, 0.1) is 0 Å². The van der Waals surface area contributed by atoms with Gasteiger partial charge in [-0.1, -0.05) is 97.1 Å². The van der Waals surface area contributed by atoms with Gasteiger partial charge in [-0.15, -0.1) is 0 Å². The van der Waals surface area contributed by atoms with Crippen molar-refractivity contribution in [3.8, 4) is 11.5 Å². The maximum atomic E-state index is 6.44. The quantitative estimate of drug-likeness (QED) is 0.148. The van der Waals surface area contributed by atoms with Crippen molar-refractivity contribution in [2.45, 2.75) is 0 Å². The van der Waals surface area contributed by atoms with Gasteiger partial charge in [0.2, 0.25) is 5.89 Å². The van der Waals surface area contributed by atoms with Crippen LogP contribution >= 0.6 is 0 Å². The van der Waals surface area contributed by atoms with Gasteiger partial charge in [0.25, 0.3) is 0 Å². The summed E-state index contributed by atoms with van der Waals surface area (Å²) in [6.07, 6.45) is 0. The molecule has 15 rings (SSSR count). The highest BCUT2D eigenvalue weighted by atomic mass is 16.4. The highest BCUT2D eigenvalue weighted by Gasteiger charge is 2.21. The third-order valence-electron chi connectivity index (χ3n) is 13.8. The molecule has 70 heavy (non-hydrogen) atoms. The molecule has 4 heterocycles. The summed E-state index contributed by atoms with van der Waals surface area (Å²) in [7, 11) is 0. The van der Waals surface area contributed by atoms with E-state index in [1.54, 1.807) is 0 Å². The van der Waals surface area contributed by atoms with Crippen molar-refractivity contribution in [2.24, 2.45) is 0 Å². The predicted octanol–water partition coefficient (Wildman–Crippen LogP) is 18.4. The Balaban J connectivity index is 0.864. The first-order valence-corrected chi connectivity index (χ1v) is 23.4. The summed E-state index contributed by atoms with van der Waals surface area (Å²) in [5.41, 5.74) is 13.5. The van der Waals surface area contributed by atoms with Gasteiger partial charge in [0.15, 0.2) is 5.58 Å². The Labute approximate surface area is 399 Å². The second-order valence-corrected chi connectivity index (χ2v) is 17.9. The molecule has 0 spiro atoms. The summed E-state index contributed by atoms with van der Waals surface area (Å²) in [6, 6.07) is 78.2. The summed E-state index contributed by atoms with van der Waals surface area (Å²) in [6.45, 7) is 0. The predicted molar refractivity (Wildman–Crippen MR) is 286 cm³/mol. The van der Waals surface area contributed by atoms with Crippen LogP contribution in [-0.4, -0.2) is 4.98 Å². The molecule has 0 aliphatic rings. The van der Waals surface area contributed by atoms with Gasteiger partial charge in [-0.3, -0.25) is 0 Å². The first kappa shape index (κ1) is 38.5. The summed E-state index contributed by atoms with van der Waals surface area (Å²) in [4.78, 5) is 9.42. The van der Waals surface area contributed by atoms with E-state index < -0.39 is 0 Å². The van der Waals surface area contributed by atoms with Gasteiger partial charge in [0.05, 0.1) is 0 Å². The topological polar surface area (TPSA) is 71.9 Å². The molecule has 0 bridgehead atoms. The molecule has 7 nitrogen and oxygen atoms in total. The second kappa shape index (κ2) is 15.0. The molecule has 7 heteroatoms. The minimum Gasteiger partial charge on any atom is -0.456 e. The van der Waals surface area contributed by atoms with E-state index in [0.717, 1.165) is 133 Å². The molecule has 0 saturated heterocycles. The SMILES string of the molecule is c1ccc(-c2nc3ccc(N(c4ccc5c(ccc6cc(N(c7ccc8c(c7)oc7ccccc78)c7ccc8oc9ccccc9c8c7)ccc65)c4)c4ccc5c(c4)oc4ccccc45)cc3o2)cc1. The molecule has 4 aromatic heterocycles. The lowest BCUT2D eigenvalue weighted by Gasteiger charge is -2.26. The second-order valence-electron chi connectivity index (χ2n) is 17.9. The Morgan fingerprint density at radius 2 is 0.657 bits per heavy atom. The monoisotopic (exact) mass is 899 g/mol. The number of aromatic nitrogens is 1. The van der Waals surface area contributed by atoms with Crippen LogP contribution in [0.15, 0.2) is 242 Å². The molecule has 0 N–H and O–H groups in total. The molecule has 0 aliphatic heterocycles. The van der Waals surface area contributed by atoms with E-state index >= 15 is 0 Å². The van der Waals surface area contributed by atoms with E-state index in [2.05, 4.69) is 161 Å². The van der Waals surface area contributed by atoms with Gasteiger partial charge in [-0.2, -0.15) is 0 Å². The van der Waals surface area contributed by atoms with Gasteiger partial charge in [0, 0.05) is 90.2 Å². The number of anilines is 6. The van der Waals surface area contributed by atoms with Crippen LogP contribution in [0.1, 0.15) is 0 Å². The fourth-order valence-electron chi connectivity index (χ4n) is 10.5.